The third-order valence-electron chi connectivity index (χ3n) is 3.43. The minimum Gasteiger partial charge on any atom is -0.383 e. The van der Waals surface area contributed by atoms with E-state index in [4.69, 9.17) is 17.3 Å². The molecule has 4 N–H and O–H groups in total. The molecule has 0 bridgehead atoms. The number of benzene rings is 1. The van der Waals surface area contributed by atoms with Crippen LogP contribution in [0.3, 0.4) is 0 Å². The lowest BCUT2D eigenvalue weighted by Crippen LogP contribution is -2.25. The molecule has 0 saturated heterocycles. The number of hydrogen-bond donors (Lipinski definition) is 3. The Morgan fingerprint density at radius 3 is 2.75 bits per heavy atom. The lowest BCUT2D eigenvalue weighted by Gasteiger charge is -2.11. The van der Waals surface area contributed by atoms with E-state index in [-0.39, 0.29) is 33.4 Å². The lowest BCUT2D eigenvalue weighted by molar-refractivity contribution is 0.0951. The van der Waals surface area contributed by atoms with Crippen molar-refractivity contribution in [3.05, 3.63) is 47.1 Å². The van der Waals surface area contributed by atoms with Crippen LogP contribution in [0.5, 0.6) is 0 Å². The number of nitrogens with one attached hydrogen (secondary N) is 2. The normalized spacial score (nSPS) is 14.2. The van der Waals surface area contributed by atoms with E-state index in [1.165, 1.54) is 18.3 Å². The van der Waals surface area contributed by atoms with Crippen molar-refractivity contribution >= 4 is 39.0 Å². The number of nitrogens with two attached hydrogens (primary N) is 1. The summed E-state index contributed by atoms with van der Waals surface area (Å²) in [5, 5.41) is 3.00. The number of carbonyl (C=O) groups excluding carboxylic acids is 1. The maximum atomic E-state index is 12.5. The van der Waals surface area contributed by atoms with Crippen molar-refractivity contribution in [1.29, 1.82) is 0 Å². The average molecular weight is 367 g/mol. The molecule has 9 heteroatoms. The van der Waals surface area contributed by atoms with Gasteiger partial charge in [-0.1, -0.05) is 17.7 Å². The summed E-state index contributed by atoms with van der Waals surface area (Å²) in [5.41, 5.74) is 6.24. The largest absolute Gasteiger partial charge is 0.383 e. The number of halogens is 1. The van der Waals surface area contributed by atoms with Crippen molar-refractivity contribution in [2.45, 2.75) is 23.8 Å². The van der Waals surface area contributed by atoms with Gasteiger partial charge in [-0.25, -0.2) is 13.4 Å². The van der Waals surface area contributed by atoms with Crippen LogP contribution in [-0.4, -0.2) is 25.4 Å². The molecule has 1 saturated carbocycles. The van der Waals surface area contributed by atoms with Gasteiger partial charge in [0.15, 0.2) is 0 Å². The Morgan fingerprint density at radius 2 is 2.04 bits per heavy atom. The number of pyridine rings is 1. The number of rotatable bonds is 5. The van der Waals surface area contributed by atoms with E-state index in [1.54, 1.807) is 18.2 Å². The van der Waals surface area contributed by atoms with Crippen molar-refractivity contribution in [3.8, 4) is 0 Å². The molecule has 0 atom stereocenters. The first-order valence-electron chi connectivity index (χ1n) is 7.20. The van der Waals surface area contributed by atoms with Gasteiger partial charge in [-0.15, -0.1) is 0 Å². The van der Waals surface area contributed by atoms with E-state index < -0.39 is 10.0 Å². The third kappa shape index (κ3) is 3.77. The molecule has 3 rings (SSSR count). The fraction of sp³-hybridized carbons (Fsp3) is 0.200. The second-order valence-corrected chi connectivity index (χ2v) is 7.56. The van der Waals surface area contributed by atoms with Gasteiger partial charge in [-0.3, -0.25) is 9.52 Å². The summed E-state index contributed by atoms with van der Waals surface area (Å²) in [4.78, 5) is 15.6. The predicted molar refractivity (Wildman–Crippen MR) is 91.4 cm³/mol. The van der Waals surface area contributed by atoms with Crippen LogP contribution in [0.1, 0.15) is 23.2 Å². The minimum absolute atomic E-state index is 0.155. The molecule has 0 radical (unpaired) electrons. The van der Waals surface area contributed by atoms with Crippen LogP contribution in [0.25, 0.3) is 0 Å². The second kappa shape index (κ2) is 6.29. The van der Waals surface area contributed by atoms with E-state index in [0.717, 1.165) is 12.8 Å². The lowest BCUT2D eigenvalue weighted by atomic mass is 10.2. The number of nitrogens with zero attached hydrogens (tertiary/aromatic N) is 1. The minimum atomic E-state index is -3.97. The number of hydrogen-bond acceptors (Lipinski definition) is 5. The van der Waals surface area contributed by atoms with Gasteiger partial charge in [-0.05, 0) is 37.1 Å². The molecule has 2 aromatic rings. The van der Waals surface area contributed by atoms with Crippen molar-refractivity contribution in [3.63, 3.8) is 0 Å². The summed E-state index contributed by atoms with van der Waals surface area (Å²) in [6.45, 7) is 0. The topological polar surface area (TPSA) is 114 Å². The van der Waals surface area contributed by atoms with Gasteiger partial charge in [0.05, 0.1) is 5.02 Å². The van der Waals surface area contributed by atoms with Gasteiger partial charge in [0.25, 0.3) is 15.9 Å². The fourth-order valence-corrected chi connectivity index (χ4v) is 3.46. The molecular formula is C15H15ClN4O3S. The predicted octanol–water partition coefficient (Wildman–Crippen LogP) is 2.01. The molecule has 24 heavy (non-hydrogen) atoms. The van der Waals surface area contributed by atoms with Gasteiger partial charge >= 0.3 is 0 Å². The summed E-state index contributed by atoms with van der Waals surface area (Å²) in [5.74, 6) is -0.392. The second-order valence-electron chi connectivity index (χ2n) is 5.47. The molecule has 1 aliphatic rings. The summed E-state index contributed by atoms with van der Waals surface area (Å²) in [7, 11) is -3.97. The van der Waals surface area contributed by atoms with E-state index in [9.17, 15) is 13.2 Å². The van der Waals surface area contributed by atoms with Crippen LogP contribution in [0.15, 0.2) is 41.4 Å². The Bertz CT molecular complexity index is 897. The smallest absolute Gasteiger partial charge is 0.265 e. The third-order valence-corrected chi connectivity index (χ3v) is 5.04. The molecular weight excluding hydrogens is 352 g/mol. The molecule has 1 aromatic heterocycles. The molecule has 0 spiro atoms. The number of amides is 1. The molecule has 1 heterocycles. The van der Waals surface area contributed by atoms with Crippen LogP contribution >= 0.6 is 11.6 Å². The van der Waals surface area contributed by atoms with Crippen molar-refractivity contribution in [2.75, 3.05) is 10.5 Å². The quantitative estimate of drug-likeness (QED) is 0.748. The zero-order chi connectivity index (χ0) is 17.3. The molecule has 126 valence electrons. The summed E-state index contributed by atoms with van der Waals surface area (Å²) >= 11 is 5.78. The molecule has 0 aliphatic heterocycles. The molecule has 1 aromatic carbocycles. The van der Waals surface area contributed by atoms with Crippen LogP contribution < -0.4 is 15.8 Å². The Balaban J connectivity index is 1.84. The Hall–Kier alpha value is -2.32. The van der Waals surface area contributed by atoms with Crippen LogP contribution in [0.4, 0.5) is 11.5 Å². The highest BCUT2D eigenvalue weighted by Gasteiger charge is 2.24. The van der Waals surface area contributed by atoms with Crippen molar-refractivity contribution < 1.29 is 13.2 Å². The highest BCUT2D eigenvalue weighted by atomic mass is 35.5. The fourth-order valence-electron chi connectivity index (χ4n) is 2.08. The van der Waals surface area contributed by atoms with Crippen molar-refractivity contribution in [1.82, 2.24) is 10.3 Å². The van der Waals surface area contributed by atoms with E-state index in [1.807, 2.05) is 0 Å². The zero-order valence-corrected chi connectivity index (χ0v) is 14.1. The molecule has 1 fully saturated rings. The van der Waals surface area contributed by atoms with Gasteiger partial charge < -0.3 is 11.1 Å². The van der Waals surface area contributed by atoms with Crippen LogP contribution in [0, 0.1) is 0 Å². The van der Waals surface area contributed by atoms with Gasteiger partial charge in [0, 0.05) is 23.5 Å². The highest BCUT2D eigenvalue weighted by Crippen LogP contribution is 2.24. The number of nitrogen functional groups attached to an aromatic ring is 1. The zero-order valence-electron chi connectivity index (χ0n) is 12.5. The van der Waals surface area contributed by atoms with E-state index in [0.29, 0.717) is 5.56 Å². The molecule has 7 nitrogen and oxygen atoms in total. The summed E-state index contributed by atoms with van der Waals surface area (Å²) in [6, 6.07) is 7.65. The monoisotopic (exact) mass is 366 g/mol. The summed E-state index contributed by atoms with van der Waals surface area (Å²) in [6.07, 6.45) is 3.21. The highest BCUT2D eigenvalue weighted by molar-refractivity contribution is 7.92. The Morgan fingerprint density at radius 1 is 1.29 bits per heavy atom. The van der Waals surface area contributed by atoms with Gasteiger partial charge in [-0.2, -0.15) is 0 Å². The van der Waals surface area contributed by atoms with Gasteiger partial charge in [0.1, 0.15) is 10.7 Å². The first kappa shape index (κ1) is 16.5. The maximum absolute atomic E-state index is 12.5. The standard InChI is InChI=1S/C15H15ClN4O3S/c16-10-7-13(14(17)18-8-10)24(22,23)20-12-3-1-2-9(6-12)15(21)19-11-4-5-11/h1-3,6-8,11,20H,4-5H2,(H2,17,18)(H,19,21). The first-order chi connectivity index (χ1) is 11.3. The molecule has 1 aliphatic carbocycles. The number of carbonyl (C=O) groups is 1. The van der Waals surface area contributed by atoms with Crippen LogP contribution in [-0.2, 0) is 10.0 Å². The van der Waals surface area contributed by atoms with Gasteiger partial charge in [0.2, 0.25) is 0 Å². The molecule has 1 amide bonds. The average Bonchev–Trinajstić information content (AvgIpc) is 3.33. The Kier molecular flexibility index (Phi) is 4.33. The number of sulfonamides is 1. The molecule has 0 unspecified atom stereocenters. The summed E-state index contributed by atoms with van der Waals surface area (Å²) < 4.78 is 27.3. The SMILES string of the molecule is Nc1ncc(Cl)cc1S(=O)(=O)Nc1cccc(C(=O)NC2CC2)c1. The van der Waals surface area contributed by atoms with E-state index in [2.05, 4.69) is 15.0 Å². The number of anilines is 2. The van der Waals surface area contributed by atoms with Crippen LogP contribution in [0.2, 0.25) is 5.02 Å². The van der Waals surface area contributed by atoms with Crippen molar-refractivity contribution in [2.24, 2.45) is 0 Å². The first-order valence-corrected chi connectivity index (χ1v) is 9.06. The van der Waals surface area contributed by atoms with E-state index >= 15 is 0 Å². The number of aromatic nitrogens is 1. The maximum Gasteiger partial charge on any atom is 0.265 e. The Labute approximate surface area is 144 Å².